The lowest BCUT2D eigenvalue weighted by Gasteiger charge is -2.25. The molecule has 0 aliphatic carbocycles. The third-order valence-corrected chi connectivity index (χ3v) is 5.51. The number of benzene rings is 1. The summed E-state index contributed by atoms with van der Waals surface area (Å²) < 4.78 is 0. The predicted molar refractivity (Wildman–Crippen MR) is 133 cm³/mol. The number of amides is 3. The number of carbonyl (C=O) groups is 5. The third kappa shape index (κ3) is 11.0. The molecule has 1 rings (SSSR count). The van der Waals surface area contributed by atoms with Crippen LogP contribution in [-0.2, 0) is 30.4 Å². The zero-order chi connectivity index (χ0) is 27.4. The molecule has 4 unspecified atom stereocenters. The molecule has 8 N–H and O–H groups in total. The molecule has 0 saturated heterocycles. The monoisotopic (exact) mass is 526 g/mol. The maximum Gasteiger partial charge on any atom is 0.327 e. The van der Waals surface area contributed by atoms with Gasteiger partial charge in [-0.05, 0) is 42.9 Å². The number of hydrogen-bond donors (Lipinski definition) is 8. The minimum absolute atomic E-state index is 0.0405. The van der Waals surface area contributed by atoms with Crippen LogP contribution in [0.3, 0.4) is 0 Å². The van der Waals surface area contributed by atoms with Crippen molar-refractivity contribution in [2.24, 2.45) is 11.7 Å². The maximum atomic E-state index is 13.0. The molecule has 0 spiro atoms. The third-order valence-electron chi connectivity index (χ3n) is 5.15. The Morgan fingerprint density at radius 3 is 1.92 bits per heavy atom. The number of carboxylic acids is 2. The molecule has 1 aromatic carbocycles. The number of carboxylic acid groups (broad SMARTS) is 2. The van der Waals surface area contributed by atoms with Crippen LogP contribution in [0, 0.1) is 5.92 Å². The molecule has 0 aliphatic heterocycles. The highest BCUT2D eigenvalue weighted by atomic mass is 32.1. The molecule has 0 bridgehead atoms. The van der Waals surface area contributed by atoms with Crippen LogP contribution < -0.4 is 21.7 Å². The molecule has 0 radical (unpaired) electrons. The van der Waals surface area contributed by atoms with Gasteiger partial charge in [0.1, 0.15) is 23.9 Å². The van der Waals surface area contributed by atoms with Crippen molar-refractivity contribution < 1.29 is 39.3 Å². The highest BCUT2D eigenvalue weighted by molar-refractivity contribution is 7.80. The summed E-state index contributed by atoms with van der Waals surface area (Å²) in [5.74, 6) is -4.98. The summed E-state index contributed by atoms with van der Waals surface area (Å²) in [6.07, 6.45) is -0.415. The lowest BCUT2D eigenvalue weighted by Crippen LogP contribution is -2.57. The van der Waals surface area contributed by atoms with Crippen LogP contribution in [0.15, 0.2) is 24.3 Å². The number of phenols is 1. The van der Waals surface area contributed by atoms with E-state index < -0.39 is 60.2 Å². The van der Waals surface area contributed by atoms with E-state index in [2.05, 4.69) is 28.6 Å². The number of thiol groups is 1. The highest BCUT2D eigenvalue weighted by Crippen LogP contribution is 2.12. The summed E-state index contributed by atoms with van der Waals surface area (Å²) in [5.41, 5.74) is 6.69. The second-order valence-corrected chi connectivity index (χ2v) is 9.11. The Bertz CT molecular complexity index is 925. The molecular formula is C23H34N4O8S. The largest absolute Gasteiger partial charge is 0.508 e. The van der Waals surface area contributed by atoms with Crippen molar-refractivity contribution in [3.8, 4) is 5.75 Å². The first-order valence-corrected chi connectivity index (χ1v) is 12.0. The molecule has 0 fully saturated rings. The lowest BCUT2D eigenvalue weighted by molar-refractivity contribution is -0.142. The van der Waals surface area contributed by atoms with E-state index in [1.807, 2.05) is 13.8 Å². The van der Waals surface area contributed by atoms with Crippen LogP contribution in [0.2, 0.25) is 0 Å². The Balaban J connectivity index is 2.96. The summed E-state index contributed by atoms with van der Waals surface area (Å²) >= 11 is 3.87. The topological polar surface area (TPSA) is 208 Å². The van der Waals surface area contributed by atoms with Crippen molar-refractivity contribution in [2.45, 2.75) is 63.7 Å². The van der Waals surface area contributed by atoms with Gasteiger partial charge in [-0.15, -0.1) is 0 Å². The molecule has 13 heteroatoms. The smallest absolute Gasteiger partial charge is 0.327 e. The fourth-order valence-electron chi connectivity index (χ4n) is 3.23. The van der Waals surface area contributed by atoms with Crippen molar-refractivity contribution in [3.63, 3.8) is 0 Å². The van der Waals surface area contributed by atoms with E-state index in [-0.39, 0.29) is 36.7 Å². The molecular weight excluding hydrogens is 492 g/mol. The van der Waals surface area contributed by atoms with E-state index in [1.165, 1.54) is 12.1 Å². The van der Waals surface area contributed by atoms with Gasteiger partial charge in [-0.25, -0.2) is 4.79 Å². The van der Waals surface area contributed by atoms with Gasteiger partial charge < -0.3 is 37.0 Å². The van der Waals surface area contributed by atoms with E-state index in [4.69, 9.17) is 15.9 Å². The molecule has 0 saturated carbocycles. The van der Waals surface area contributed by atoms with Crippen molar-refractivity contribution in [1.82, 2.24) is 16.0 Å². The van der Waals surface area contributed by atoms with Gasteiger partial charge in [0.2, 0.25) is 17.7 Å². The van der Waals surface area contributed by atoms with Gasteiger partial charge in [0, 0.05) is 12.2 Å². The number of aliphatic carboxylic acids is 2. The second kappa shape index (κ2) is 14.9. The molecule has 0 aromatic heterocycles. The Labute approximate surface area is 214 Å². The van der Waals surface area contributed by atoms with E-state index in [0.717, 1.165) is 0 Å². The van der Waals surface area contributed by atoms with Gasteiger partial charge in [0.15, 0.2) is 0 Å². The van der Waals surface area contributed by atoms with Crippen molar-refractivity contribution in [2.75, 3.05) is 5.75 Å². The first-order chi connectivity index (χ1) is 16.8. The summed E-state index contributed by atoms with van der Waals surface area (Å²) in [6.45, 7) is 3.64. The summed E-state index contributed by atoms with van der Waals surface area (Å²) in [7, 11) is 0. The number of nitrogens with one attached hydrogen (secondary N) is 3. The van der Waals surface area contributed by atoms with Crippen LogP contribution in [-0.4, -0.2) is 74.9 Å². The number of carbonyl (C=O) groups excluding carboxylic acids is 3. The second-order valence-electron chi connectivity index (χ2n) is 8.74. The van der Waals surface area contributed by atoms with Gasteiger partial charge in [-0.3, -0.25) is 19.2 Å². The number of nitrogens with two attached hydrogens (primary N) is 1. The van der Waals surface area contributed by atoms with Gasteiger partial charge in [-0.1, -0.05) is 26.0 Å². The number of phenolic OH excluding ortho intramolecular Hbond substituents is 1. The molecule has 12 nitrogen and oxygen atoms in total. The highest BCUT2D eigenvalue weighted by Gasteiger charge is 2.30. The summed E-state index contributed by atoms with van der Waals surface area (Å²) in [6, 6.07) is 1.36. The Morgan fingerprint density at radius 2 is 1.42 bits per heavy atom. The molecule has 3 amide bonds. The number of hydrogen-bond acceptors (Lipinski definition) is 8. The summed E-state index contributed by atoms with van der Waals surface area (Å²) in [4.78, 5) is 60.6. The fourth-order valence-corrected chi connectivity index (χ4v) is 3.47. The Kier molecular flexibility index (Phi) is 12.7. The molecule has 0 heterocycles. The van der Waals surface area contributed by atoms with Crippen LogP contribution in [0.4, 0.5) is 0 Å². The molecule has 4 atom stereocenters. The van der Waals surface area contributed by atoms with Crippen LogP contribution in [0.1, 0.15) is 38.7 Å². The molecule has 36 heavy (non-hydrogen) atoms. The minimum Gasteiger partial charge on any atom is -0.508 e. The standard InChI is InChI=1S/C23H34N4O8S/c1-12(2)9-17(26-20(31)15(24)10-13-3-5-14(28)6-4-13)22(33)25-16(7-8-19(29)30)21(32)27-18(11-36)23(34)35/h3-6,12,15-18,28,36H,7-11,24H2,1-2H3,(H,25,33)(H,26,31)(H,27,32)(H,29,30)(H,34,35). The molecule has 0 aliphatic rings. The van der Waals surface area contributed by atoms with Gasteiger partial charge in [-0.2, -0.15) is 12.6 Å². The minimum atomic E-state index is -1.35. The van der Waals surface area contributed by atoms with Gasteiger partial charge in [0.25, 0.3) is 0 Å². The Morgan fingerprint density at radius 1 is 0.889 bits per heavy atom. The number of aromatic hydroxyl groups is 1. The normalized spacial score (nSPS) is 14.2. The lowest BCUT2D eigenvalue weighted by atomic mass is 10.0. The van der Waals surface area contributed by atoms with E-state index in [1.54, 1.807) is 12.1 Å². The number of rotatable bonds is 15. The van der Waals surface area contributed by atoms with Gasteiger partial charge in [0.05, 0.1) is 6.04 Å². The van der Waals surface area contributed by atoms with Crippen LogP contribution >= 0.6 is 12.6 Å². The quantitative estimate of drug-likeness (QED) is 0.140. The SMILES string of the molecule is CC(C)CC(NC(=O)C(N)Cc1ccc(O)cc1)C(=O)NC(CCC(=O)O)C(=O)NC(CS)C(=O)O. The average Bonchev–Trinajstić information content (AvgIpc) is 2.80. The molecule has 200 valence electrons. The van der Waals surface area contributed by atoms with Gasteiger partial charge >= 0.3 is 11.9 Å². The van der Waals surface area contributed by atoms with Crippen molar-refractivity contribution in [1.29, 1.82) is 0 Å². The summed E-state index contributed by atoms with van der Waals surface area (Å²) in [5, 5.41) is 34.8. The van der Waals surface area contributed by atoms with E-state index in [9.17, 15) is 29.1 Å². The van der Waals surface area contributed by atoms with Crippen molar-refractivity contribution in [3.05, 3.63) is 29.8 Å². The predicted octanol–water partition coefficient (Wildman–Crippen LogP) is -0.358. The molecule has 1 aromatic rings. The zero-order valence-electron chi connectivity index (χ0n) is 20.1. The van der Waals surface area contributed by atoms with Crippen molar-refractivity contribution >= 4 is 42.3 Å². The maximum absolute atomic E-state index is 13.0. The Hall–Kier alpha value is -3.32. The van der Waals surface area contributed by atoms with E-state index >= 15 is 0 Å². The fraction of sp³-hybridized carbons (Fsp3) is 0.522. The van der Waals surface area contributed by atoms with E-state index in [0.29, 0.717) is 5.56 Å². The zero-order valence-corrected chi connectivity index (χ0v) is 21.0. The average molecular weight is 527 g/mol. The van der Waals surface area contributed by atoms with Crippen LogP contribution in [0.5, 0.6) is 5.75 Å². The first kappa shape index (κ1) is 30.7. The first-order valence-electron chi connectivity index (χ1n) is 11.3. The van der Waals surface area contributed by atoms with Crippen LogP contribution in [0.25, 0.3) is 0 Å².